The van der Waals surface area contributed by atoms with Crippen LogP contribution in [0.3, 0.4) is 0 Å². The number of ether oxygens (including phenoxy) is 1. The third kappa shape index (κ3) is 3.95. The predicted octanol–water partition coefficient (Wildman–Crippen LogP) is 3.32. The van der Waals surface area contributed by atoms with Gasteiger partial charge in [-0.05, 0) is 18.2 Å². The normalized spacial score (nSPS) is 10.9. The Morgan fingerprint density at radius 3 is 1.48 bits per heavy atom. The lowest BCUT2D eigenvalue weighted by Gasteiger charge is -2.18. The van der Waals surface area contributed by atoms with Gasteiger partial charge in [-0.15, -0.1) is 0 Å². The molecule has 0 atom stereocenters. The van der Waals surface area contributed by atoms with Crippen LogP contribution >= 0.6 is 0 Å². The number of rotatable bonds is 4. The van der Waals surface area contributed by atoms with E-state index in [2.05, 4.69) is 0 Å². The van der Waals surface area contributed by atoms with Crippen molar-refractivity contribution in [2.75, 3.05) is 7.11 Å². The fourth-order valence-corrected chi connectivity index (χ4v) is 6.11. The summed E-state index contributed by atoms with van der Waals surface area (Å²) in [4.78, 5) is 0. The van der Waals surface area contributed by atoms with Crippen molar-refractivity contribution in [3.05, 3.63) is 82.9 Å². The maximum Gasteiger partial charge on any atom is 0.398 e. The molecule has 0 radical (unpaired) electrons. The summed E-state index contributed by atoms with van der Waals surface area (Å²) >= 11 is -3.93. The fourth-order valence-electron chi connectivity index (χ4n) is 3.00. The van der Waals surface area contributed by atoms with Crippen molar-refractivity contribution in [1.82, 2.24) is 0 Å². The van der Waals surface area contributed by atoms with Gasteiger partial charge in [0.2, 0.25) is 0 Å². The summed E-state index contributed by atoms with van der Waals surface area (Å²) in [6.45, 7) is 0. The van der Waals surface area contributed by atoms with Gasteiger partial charge in [-0.25, -0.2) is 35.1 Å². The second-order valence-corrected chi connectivity index (χ2v) is 8.75. The highest BCUT2D eigenvalue weighted by Crippen LogP contribution is 2.18. The molecule has 0 N–H and O–H groups in total. The first-order chi connectivity index (χ1) is 13.6. The second-order valence-electron chi connectivity index (χ2n) is 6.02. The van der Waals surface area contributed by atoms with Gasteiger partial charge in [0.05, 0.1) is 7.11 Å². The van der Waals surface area contributed by atoms with E-state index in [-0.39, 0.29) is 12.1 Å². The third-order valence-corrected chi connectivity index (χ3v) is 7.40. The maximum atomic E-state index is 14.6. The van der Waals surface area contributed by atoms with E-state index < -0.39 is 79.7 Å². The Bertz CT molecular complexity index is 1040. The molecule has 0 saturated heterocycles. The second kappa shape index (κ2) is 8.05. The Balaban J connectivity index is 2.42. The molecule has 0 bridgehead atoms. The highest BCUT2D eigenvalue weighted by atomic mass is 27.2. The van der Waals surface area contributed by atoms with Crippen molar-refractivity contribution in [3.63, 3.8) is 0 Å². The smallest absolute Gasteiger partial charge is 0.398 e. The van der Waals surface area contributed by atoms with Crippen LogP contribution in [-0.4, -0.2) is 21.3 Å². The summed E-state index contributed by atoms with van der Waals surface area (Å²) < 4.78 is 115. The molecule has 3 aromatic rings. The molecule has 0 aliphatic carbocycles. The van der Waals surface area contributed by atoms with Crippen LogP contribution in [0.15, 0.2) is 36.4 Å². The van der Waals surface area contributed by atoms with Gasteiger partial charge in [-0.3, -0.25) is 0 Å². The lowest BCUT2D eigenvalue weighted by atomic mass is 10.3. The molecule has 0 spiro atoms. The van der Waals surface area contributed by atoms with Crippen molar-refractivity contribution >= 4 is 27.4 Å². The zero-order valence-corrected chi connectivity index (χ0v) is 15.6. The molecule has 0 amide bonds. The zero-order valence-electron chi connectivity index (χ0n) is 14.5. The molecule has 3 aromatic carbocycles. The Morgan fingerprint density at radius 1 is 0.552 bits per heavy atom. The van der Waals surface area contributed by atoms with Crippen molar-refractivity contribution in [2.45, 2.75) is 0 Å². The molecule has 0 fully saturated rings. The van der Waals surface area contributed by atoms with E-state index >= 15 is 0 Å². The minimum absolute atomic E-state index is 0.203. The molecule has 10 heteroatoms. The third-order valence-electron chi connectivity index (χ3n) is 4.25. The lowest BCUT2D eigenvalue weighted by Crippen LogP contribution is -2.56. The zero-order chi connectivity index (χ0) is 21.5. The summed E-state index contributed by atoms with van der Waals surface area (Å²) in [5.74, 6) is -12.2. The molecule has 1 nitrogen and oxygen atoms in total. The largest absolute Gasteiger partial charge is 0.494 e. The van der Waals surface area contributed by atoms with Crippen LogP contribution in [0, 0.1) is 46.5 Å². The van der Waals surface area contributed by atoms with Crippen LogP contribution in [0.4, 0.5) is 35.1 Å². The molecule has 0 unspecified atom stereocenters. The Hall–Kier alpha value is -2.57. The van der Waals surface area contributed by atoms with Gasteiger partial charge < -0.3 is 4.74 Å². The molecule has 0 saturated carbocycles. The summed E-state index contributed by atoms with van der Waals surface area (Å²) in [7, 11) is 1.03. The van der Waals surface area contributed by atoms with Gasteiger partial charge >= 0.3 is 14.1 Å². The highest BCUT2D eigenvalue weighted by molar-refractivity contribution is 6.95. The van der Waals surface area contributed by atoms with Gasteiger partial charge in [0, 0.05) is 18.2 Å². The molecular weight excluding hydrogens is 423 g/mol. The van der Waals surface area contributed by atoms with Crippen molar-refractivity contribution < 1.29 is 39.9 Å². The van der Waals surface area contributed by atoms with Crippen LogP contribution in [0.2, 0.25) is 0 Å². The first-order valence-electron chi connectivity index (χ1n) is 7.95. The molecular formula is C19H9AlF8O. The topological polar surface area (TPSA) is 9.23 Å². The van der Waals surface area contributed by atoms with Crippen LogP contribution in [0.5, 0.6) is 5.75 Å². The van der Waals surface area contributed by atoms with E-state index in [1.807, 2.05) is 0 Å². The number of hydrogen-bond donors (Lipinski definition) is 0. The average molecular weight is 432 g/mol. The predicted molar refractivity (Wildman–Crippen MR) is 90.2 cm³/mol. The molecule has 0 aromatic heterocycles. The first kappa shape index (κ1) is 21.1. The van der Waals surface area contributed by atoms with E-state index in [9.17, 15) is 35.1 Å². The van der Waals surface area contributed by atoms with Gasteiger partial charge in [0.15, 0.2) is 23.2 Å². The summed E-state index contributed by atoms with van der Waals surface area (Å²) in [5.41, 5.74) is 0. The number of benzene rings is 3. The molecule has 150 valence electrons. The number of hydrogen-bond acceptors (Lipinski definition) is 1. The van der Waals surface area contributed by atoms with Crippen molar-refractivity contribution in [3.8, 4) is 5.75 Å². The Kier molecular flexibility index (Phi) is 5.87. The number of methoxy groups -OCH3 is 1. The Morgan fingerprint density at radius 2 is 1.03 bits per heavy atom. The number of halogens is 8. The summed E-state index contributed by atoms with van der Waals surface area (Å²) in [5, 5.41) is 0. The van der Waals surface area contributed by atoms with Crippen LogP contribution in [-0.2, 0) is 0 Å². The standard InChI is InChI=1S/C7H5F2O.2C6H2F3.Al/c1-10-7-3-2-5(8)4-6(7)9;2*7-4-1-2-5(8)6(9)3-4;/h3-4H,1H3;2*1,3H;. The molecule has 29 heavy (non-hydrogen) atoms. The van der Waals surface area contributed by atoms with Crippen molar-refractivity contribution in [2.24, 2.45) is 0 Å². The SMILES string of the molecule is COc1c[c]([Al]([c]2cc(F)cc(F)c2F)[c]2cc(F)cc(F)c2F)c(F)cc1F. The summed E-state index contributed by atoms with van der Waals surface area (Å²) in [6, 6.07) is 2.45. The quantitative estimate of drug-likeness (QED) is 0.349. The van der Waals surface area contributed by atoms with Gasteiger partial charge in [-0.1, -0.05) is 13.3 Å². The van der Waals surface area contributed by atoms with E-state index in [4.69, 9.17) is 4.74 Å². The van der Waals surface area contributed by atoms with E-state index in [0.717, 1.165) is 13.2 Å². The van der Waals surface area contributed by atoms with Crippen LogP contribution in [0.25, 0.3) is 0 Å². The van der Waals surface area contributed by atoms with E-state index in [1.54, 1.807) is 0 Å². The summed E-state index contributed by atoms with van der Waals surface area (Å²) in [6.07, 6.45) is 0. The minimum Gasteiger partial charge on any atom is -0.494 e. The van der Waals surface area contributed by atoms with Gasteiger partial charge in [0.25, 0.3) is 0 Å². The molecule has 3 rings (SSSR count). The van der Waals surface area contributed by atoms with Crippen LogP contribution in [0.1, 0.15) is 0 Å². The minimum atomic E-state index is -3.93. The monoisotopic (exact) mass is 432 g/mol. The molecule has 0 aliphatic rings. The maximum absolute atomic E-state index is 14.6. The van der Waals surface area contributed by atoms with Gasteiger partial charge in [-0.2, -0.15) is 0 Å². The van der Waals surface area contributed by atoms with Crippen LogP contribution < -0.4 is 18.0 Å². The molecule has 0 heterocycles. The van der Waals surface area contributed by atoms with E-state index in [0.29, 0.717) is 18.2 Å². The molecule has 0 aliphatic heterocycles. The van der Waals surface area contributed by atoms with Crippen molar-refractivity contribution in [1.29, 1.82) is 0 Å². The Labute approximate surface area is 163 Å². The van der Waals surface area contributed by atoms with Gasteiger partial charge in [0.1, 0.15) is 29.1 Å². The highest BCUT2D eigenvalue weighted by Gasteiger charge is 2.36. The van der Waals surface area contributed by atoms with E-state index in [1.165, 1.54) is 0 Å². The fraction of sp³-hybridized carbons (Fsp3) is 0.0526. The average Bonchev–Trinajstić information content (AvgIpc) is 2.64. The lowest BCUT2D eigenvalue weighted by molar-refractivity contribution is 0.385. The first-order valence-corrected chi connectivity index (χ1v) is 9.69.